The SMILES string of the molecule is CC(C)[C@H](N)C(=O)N(C)CC1CCN(C)C1. The minimum absolute atomic E-state index is 0.0737. The van der Waals surface area contributed by atoms with Gasteiger partial charge in [-0.25, -0.2) is 0 Å². The molecule has 0 aromatic carbocycles. The summed E-state index contributed by atoms with van der Waals surface area (Å²) in [5.74, 6) is 0.893. The number of amides is 1. The van der Waals surface area contributed by atoms with E-state index in [9.17, 15) is 4.79 Å². The van der Waals surface area contributed by atoms with Gasteiger partial charge in [-0.05, 0) is 31.8 Å². The van der Waals surface area contributed by atoms with Crippen LogP contribution in [0.2, 0.25) is 0 Å². The summed E-state index contributed by atoms with van der Waals surface area (Å²) in [7, 11) is 3.99. The highest BCUT2D eigenvalue weighted by molar-refractivity contribution is 5.81. The topological polar surface area (TPSA) is 49.6 Å². The summed E-state index contributed by atoms with van der Waals surface area (Å²) in [5, 5.41) is 0. The van der Waals surface area contributed by atoms with E-state index in [1.807, 2.05) is 20.9 Å². The molecular weight excluding hydrogens is 202 g/mol. The molecule has 0 aliphatic carbocycles. The molecule has 1 aliphatic heterocycles. The van der Waals surface area contributed by atoms with Crippen LogP contribution in [0.5, 0.6) is 0 Å². The van der Waals surface area contributed by atoms with Gasteiger partial charge in [-0.3, -0.25) is 4.79 Å². The van der Waals surface area contributed by atoms with Gasteiger partial charge in [0.1, 0.15) is 0 Å². The van der Waals surface area contributed by atoms with Crippen molar-refractivity contribution in [1.82, 2.24) is 9.80 Å². The second-order valence-corrected chi connectivity index (χ2v) is 5.41. The first kappa shape index (κ1) is 13.5. The van der Waals surface area contributed by atoms with Gasteiger partial charge in [0.15, 0.2) is 0 Å². The third kappa shape index (κ3) is 3.46. The minimum Gasteiger partial charge on any atom is -0.344 e. The van der Waals surface area contributed by atoms with E-state index in [1.165, 1.54) is 6.42 Å². The molecular formula is C12H25N3O. The highest BCUT2D eigenvalue weighted by Gasteiger charge is 2.26. The van der Waals surface area contributed by atoms with E-state index in [-0.39, 0.29) is 17.9 Å². The number of carbonyl (C=O) groups excluding carboxylic acids is 1. The Kier molecular flexibility index (Phi) is 4.74. The molecule has 1 fully saturated rings. The van der Waals surface area contributed by atoms with Crippen molar-refractivity contribution >= 4 is 5.91 Å². The first-order chi connectivity index (χ1) is 7.41. The molecule has 0 radical (unpaired) electrons. The molecule has 0 aromatic rings. The maximum Gasteiger partial charge on any atom is 0.239 e. The molecule has 0 saturated carbocycles. The van der Waals surface area contributed by atoms with E-state index in [4.69, 9.17) is 5.73 Å². The summed E-state index contributed by atoms with van der Waals surface area (Å²) in [6, 6.07) is -0.357. The highest BCUT2D eigenvalue weighted by Crippen LogP contribution is 2.15. The van der Waals surface area contributed by atoms with Crippen molar-refractivity contribution in [3.63, 3.8) is 0 Å². The third-order valence-corrected chi connectivity index (χ3v) is 3.40. The lowest BCUT2D eigenvalue weighted by Crippen LogP contribution is -2.46. The maximum absolute atomic E-state index is 11.9. The number of likely N-dealkylation sites (N-methyl/N-ethyl adjacent to an activating group) is 1. The van der Waals surface area contributed by atoms with Crippen LogP contribution in [-0.4, -0.2) is 55.5 Å². The van der Waals surface area contributed by atoms with Gasteiger partial charge in [-0.2, -0.15) is 0 Å². The second-order valence-electron chi connectivity index (χ2n) is 5.41. The van der Waals surface area contributed by atoms with Gasteiger partial charge in [0.2, 0.25) is 5.91 Å². The van der Waals surface area contributed by atoms with Crippen LogP contribution >= 0.6 is 0 Å². The van der Waals surface area contributed by atoms with Gasteiger partial charge in [0.05, 0.1) is 6.04 Å². The molecule has 1 heterocycles. The molecule has 16 heavy (non-hydrogen) atoms. The van der Waals surface area contributed by atoms with Crippen LogP contribution in [0.4, 0.5) is 0 Å². The lowest BCUT2D eigenvalue weighted by molar-refractivity contribution is -0.132. The Morgan fingerprint density at radius 1 is 1.56 bits per heavy atom. The molecule has 2 atom stereocenters. The average Bonchev–Trinajstić information content (AvgIpc) is 2.61. The molecule has 1 unspecified atom stereocenters. The fourth-order valence-corrected chi connectivity index (χ4v) is 2.19. The van der Waals surface area contributed by atoms with Crippen LogP contribution in [0.1, 0.15) is 20.3 Å². The first-order valence-electron chi connectivity index (χ1n) is 6.11. The van der Waals surface area contributed by atoms with Crippen molar-refractivity contribution in [3.05, 3.63) is 0 Å². The zero-order chi connectivity index (χ0) is 12.3. The van der Waals surface area contributed by atoms with E-state index in [0.29, 0.717) is 5.92 Å². The molecule has 0 bridgehead atoms. The van der Waals surface area contributed by atoms with Crippen molar-refractivity contribution in [3.8, 4) is 0 Å². The average molecular weight is 227 g/mol. The van der Waals surface area contributed by atoms with Crippen molar-refractivity contribution in [2.75, 3.05) is 33.7 Å². The summed E-state index contributed by atoms with van der Waals surface area (Å²) >= 11 is 0. The Labute approximate surface area is 98.8 Å². The zero-order valence-corrected chi connectivity index (χ0v) is 10.9. The van der Waals surface area contributed by atoms with Crippen LogP contribution in [0, 0.1) is 11.8 Å². The number of rotatable bonds is 4. The number of nitrogens with two attached hydrogens (primary N) is 1. The fourth-order valence-electron chi connectivity index (χ4n) is 2.19. The third-order valence-electron chi connectivity index (χ3n) is 3.40. The highest BCUT2D eigenvalue weighted by atomic mass is 16.2. The van der Waals surface area contributed by atoms with E-state index in [1.54, 1.807) is 4.90 Å². The first-order valence-corrected chi connectivity index (χ1v) is 6.11. The van der Waals surface area contributed by atoms with Crippen LogP contribution in [0.3, 0.4) is 0 Å². The van der Waals surface area contributed by atoms with Gasteiger partial charge in [0.25, 0.3) is 0 Å². The largest absolute Gasteiger partial charge is 0.344 e. The zero-order valence-electron chi connectivity index (χ0n) is 10.9. The van der Waals surface area contributed by atoms with Crippen molar-refractivity contribution in [2.45, 2.75) is 26.3 Å². The molecule has 94 valence electrons. The van der Waals surface area contributed by atoms with E-state index in [2.05, 4.69) is 11.9 Å². The molecule has 1 amide bonds. The van der Waals surface area contributed by atoms with E-state index >= 15 is 0 Å². The minimum atomic E-state index is -0.357. The Hall–Kier alpha value is -0.610. The Morgan fingerprint density at radius 2 is 2.19 bits per heavy atom. The van der Waals surface area contributed by atoms with Crippen molar-refractivity contribution in [2.24, 2.45) is 17.6 Å². The van der Waals surface area contributed by atoms with Gasteiger partial charge in [-0.1, -0.05) is 13.8 Å². The van der Waals surface area contributed by atoms with E-state index < -0.39 is 0 Å². The van der Waals surface area contributed by atoms with Crippen LogP contribution in [0.25, 0.3) is 0 Å². The summed E-state index contributed by atoms with van der Waals surface area (Å²) in [4.78, 5) is 16.1. The lowest BCUT2D eigenvalue weighted by atomic mass is 10.0. The Bertz CT molecular complexity index is 242. The van der Waals surface area contributed by atoms with Gasteiger partial charge < -0.3 is 15.5 Å². The van der Waals surface area contributed by atoms with Crippen LogP contribution in [0.15, 0.2) is 0 Å². The molecule has 2 N–H and O–H groups in total. The molecule has 4 nitrogen and oxygen atoms in total. The molecule has 0 aromatic heterocycles. The number of nitrogens with zero attached hydrogens (tertiary/aromatic N) is 2. The van der Waals surface area contributed by atoms with Crippen LogP contribution in [-0.2, 0) is 4.79 Å². The molecule has 1 aliphatic rings. The molecule has 4 heteroatoms. The summed E-state index contributed by atoms with van der Waals surface area (Å²) < 4.78 is 0. The lowest BCUT2D eigenvalue weighted by Gasteiger charge is -2.25. The quantitative estimate of drug-likeness (QED) is 0.755. The van der Waals surface area contributed by atoms with Crippen LogP contribution < -0.4 is 5.73 Å². The second kappa shape index (κ2) is 5.64. The summed E-state index contributed by atoms with van der Waals surface area (Å²) in [5.41, 5.74) is 5.86. The van der Waals surface area contributed by atoms with Gasteiger partial charge in [0, 0.05) is 20.1 Å². The fraction of sp³-hybridized carbons (Fsp3) is 0.917. The summed E-state index contributed by atoms with van der Waals surface area (Å²) in [6.07, 6.45) is 1.19. The van der Waals surface area contributed by atoms with Crippen molar-refractivity contribution < 1.29 is 4.79 Å². The maximum atomic E-state index is 11.9. The predicted octanol–water partition coefficient (Wildman–Crippen LogP) is 0.380. The Morgan fingerprint density at radius 3 is 2.62 bits per heavy atom. The number of likely N-dealkylation sites (tertiary alicyclic amines) is 1. The van der Waals surface area contributed by atoms with Crippen molar-refractivity contribution in [1.29, 1.82) is 0 Å². The van der Waals surface area contributed by atoms with Gasteiger partial charge >= 0.3 is 0 Å². The number of carbonyl (C=O) groups is 1. The smallest absolute Gasteiger partial charge is 0.239 e. The Balaban J connectivity index is 2.39. The number of hydrogen-bond acceptors (Lipinski definition) is 3. The summed E-state index contributed by atoms with van der Waals surface area (Å²) in [6.45, 7) is 7.04. The molecule has 0 spiro atoms. The standard InChI is InChI=1S/C12H25N3O/c1-9(2)11(13)12(16)15(4)8-10-5-6-14(3)7-10/h9-11H,5-8,13H2,1-4H3/t10?,11-/m0/s1. The van der Waals surface area contributed by atoms with E-state index in [0.717, 1.165) is 19.6 Å². The van der Waals surface area contributed by atoms with Gasteiger partial charge in [-0.15, -0.1) is 0 Å². The normalized spacial score (nSPS) is 23.8. The predicted molar refractivity (Wildman–Crippen MR) is 66.1 cm³/mol. The number of hydrogen-bond donors (Lipinski definition) is 1. The monoisotopic (exact) mass is 227 g/mol. The molecule has 1 saturated heterocycles. The molecule has 1 rings (SSSR count).